The van der Waals surface area contributed by atoms with Crippen LogP contribution < -0.4 is 15.0 Å². The first-order valence-electron chi connectivity index (χ1n) is 14.0. The van der Waals surface area contributed by atoms with Crippen molar-refractivity contribution in [1.29, 1.82) is 0 Å². The third kappa shape index (κ3) is 6.24. The van der Waals surface area contributed by atoms with Crippen molar-refractivity contribution in [2.45, 2.75) is 64.3 Å². The summed E-state index contributed by atoms with van der Waals surface area (Å²) in [6, 6.07) is 15.7. The van der Waals surface area contributed by atoms with Crippen molar-refractivity contribution in [3.8, 4) is 5.75 Å². The Morgan fingerprint density at radius 2 is 1.76 bits per heavy atom. The Morgan fingerprint density at radius 3 is 2.54 bits per heavy atom. The number of ether oxygens (including phenoxy) is 1. The van der Waals surface area contributed by atoms with Gasteiger partial charge in [0.05, 0.1) is 5.69 Å². The summed E-state index contributed by atoms with van der Waals surface area (Å²) in [5.74, 6) is 1.39. The van der Waals surface area contributed by atoms with Crippen LogP contribution in [0.15, 0.2) is 54.3 Å². The van der Waals surface area contributed by atoms with Gasteiger partial charge >= 0.3 is 0 Å². The molecule has 1 saturated carbocycles. The molecule has 2 heterocycles. The maximum atomic E-state index is 13.5. The molecule has 5 rings (SSSR count). The van der Waals surface area contributed by atoms with E-state index in [0.29, 0.717) is 35.6 Å². The average molecular weight is 502 g/mol. The number of hydrogen-bond acceptors (Lipinski definition) is 4. The highest BCUT2D eigenvalue weighted by Crippen LogP contribution is 2.37. The lowest BCUT2D eigenvalue weighted by Crippen LogP contribution is -2.42. The fourth-order valence-corrected chi connectivity index (χ4v) is 5.86. The zero-order valence-electron chi connectivity index (χ0n) is 22.0. The van der Waals surface area contributed by atoms with E-state index < -0.39 is 0 Å². The van der Waals surface area contributed by atoms with Crippen LogP contribution in [0.4, 0.5) is 5.69 Å². The van der Waals surface area contributed by atoms with Gasteiger partial charge in [-0.15, -0.1) is 0 Å². The number of likely N-dealkylation sites (tertiary alicyclic amines) is 1. The Kier molecular flexibility index (Phi) is 8.24. The number of benzene rings is 2. The Balaban J connectivity index is 1.24. The lowest BCUT2D eigenvalue weighted by molar-refractivity contribution is -0.117. The quantitative estimate of drug-likeness (QED) is 0.499. The Labute approximate surface area is 220 Å². The van der Waals surface area contributed by atoms with Gasteiger partial charge in [0.15, 0.2) is 11.5 Å². The summed E-state index contributed by atoms with van der Waals surface area (Å²) in [4.78, 5) is 30.5. The van der Waals surface area contributed by atoms with Crippen molar-refractivity contribution in [1.82, 2.24) is 10.2 Å². The molecule has 0 spiro atoms. The molecule has 37 heavy (non-hydrogen) atoms. The van der Waals surface area contributed by atoms with E-state index in [1.807, 2.05) is 53.4 Å². The van der Waals surface area contributed by atoms with Crippen molar-refractivity contribution < 1.29 is 14.3 Å². The van der Waals surface area contributed by atoms with E-state index in [4.69, 9.17) is 4.74 Å². The van der Waals surface area contributed by atoms with Gasteiger partial charge in [-0.25, -0.2) is 0 Å². The van der Waals surface area contributed by atoms with Crippen molar-refractivity contribution in [2.24, 2.45) is 5.92 Å². The second-order valence-electron chi connectivity index (χ2n) is 10.8. The van der Waals surface area contributed by atoms with Crippen LogP contribution in [0.1, 0.15) is 74.2 Å². The fraction of sp³-hybridized carbons (Fsp3) is 0.484. The summed E-state index contributed by atoms with van der Waals surface area (Å²) in [6.45, 7) is 5.64. The highest BCUT2D eigenvalue weighted by atomic mass is 16.5. The van der Waals surface area contributed by atoms with E-state index in [1.54, 1.807) is 6.08 Å². The number of rotatable bonds is 7. The minimum atomic E-state index is -0.0990. The van der Waals surface area contributed by atoms with E-state index in [1.165, 1.54) is 51.4 Å². The molecule has 0 aromatic heterocycles. The van der Waals surface area contributed by atoms with Crippen LogP contribution >= 0.6 is 0 Å². The molecule has 0 bridgehead atoms. The predicted octanol–water partition coefficient (Wildman–Crippen LogP) is 5.64. The summed E-state index contributed by atoms with van der Waals surface area (Å²) in [5.41, 5.74) is 2.30. The number of anilines is 1. The number of nitrogens with one attached hydrogen (secondary N) is 1. The van der Waals surface area contributed by atoms with E-state index in [9.17, 15) is 9.59 Å². The number of carbonyl (C=O) groups excluding carboxylic acids is 2. The van der Waals surface area contributed by atoms with Gasteiger partial charge in [-0.2, -0.15) is 0 Å². The zero-order chi connectivity index (χ0) is 25.6. The lowest BCUT2D eigenvalue weighted by Gasteiger charge is -2.34. The molecule has 1 saturated heterocycles. The van der Waals surface area contributed by atoms with Gasteiger partial charge in [-0.1, -0.05) is 49.9 Å². The first kappa shape index (κ1) is 25.5. The standard InChI is InChI=1S/C31H39N3O3/c1-23-9-7-8-19-33(23)20-18-32-30(35)26-16-14-24(15-17-26)21-29-31(36)34(22-25-10-3-2-4-11-25)27-12-5-6-13-28(27)37-29/h5-6,12-17,21,23,25H,2-4,7-11,18-20,22H2,1H3,(H,32,35). The van der Waals surface area contributed by atoms with Crippen molar-refractivity contribution in [2.75, 3.05) is 31.1 Å². The topological polar surface area (TPSA) is 61.9 Å². The van der Waals surface area contributed by atoms with Crippen LogP contribution in [0.3, 0.4) is 0 Å². The van der Waals surface area contributed by atoms with Crippen molar-refractivity contribution in [3.05, 3.63) is 65.4 Å². The van der Waals surface area contributed by atoms with E-state index in [2.05, 4.69) is 17.1 Å². The third-order valence-electron chi connectivity index (χ3n) is 8.09. The maximum Gasteiger partial charge on any atom is 0.294 e. The van der Waals surface area contributed by atoms with Gasteiger partial charge in [0, 0.05) is 31.2 Å². The summed E-state index contributed by atoms with van der Waals surface area (Å²) < 4.78 is 6.05. The first-order chi connectivity index (χ1) is 18.1. The van der Waals surface area contributed by atoms with E-state index >= 15 is 0 Å². The second kappa shape index (κ2) is 12.0. The minimum Gasteiger partial charge on any atom is -0.449 e. The van der Waals surface area contributed by atoms with Crippen LogP contribution in [0.5, 0.6) is 5.75 Å². The zero-order valence-corrected chi connectivity index (χ0v) is 22.0. The monoisotopic (exact) mass is 501 g/mol. The lowest BCUT2D eigenvalue weighted by atomic mass is 9.88. The van der Waals surface area contributed by atoms with E-state index in [0.717, 1.165) is 30.9 Å². The summed E-state index contributed by atoms with van der Waals surface area (Å²) in [5, 5.41) is 3.05. The third-order valence-corrected chi connectivity index (χ3v) is 8.09. The largest absolute Gasteiger partial charge is 0.449 e. The Hall–Kier alpha value is -3.12. The molecule has 1 unspecified atom stereocenters. The molecule has 1 atom stereocenters. The number of para-hydroxylation sites is 2. The van der Waals surface area contributed by atoms with Crippen LogP contribution in [0.25, 0.3) is 6.08 Å². The van der Waals surface area contributed by atoms with Crippen LogP contribution in [0.2, 0.25) is 0 Å². The number of carbonyl (C=O) groups is 2. The maximum absolute atomic E-state index is 13.5. The van der Waals surface area contributed by atoms with Crippen LogP contribution in [-0.2, 0) is 4.79 Å². The number of piperidine rings is 1. The second-order valence-corrected chi connectivity index (χ2v) is 10.8. The molecule has 1 N–H and O–H groups in total. The van der Waals surface area contributed by atoms with Crippen molar-refractivity contribution >= 4 is 23.6 Å². The number of amides is 2. The van der Waals surface area contributed by atoms with Crippen molar-refractivity contribution in [3.63, 3.8) is 0 Å². The average Bonchev–Trinajstić information content (AvgIpc) is 2.93. The number of hydrogen-bond donors (Lipinski definition) is 1. The predicted molar refractivity (Wildman–Crippen MR) is 148 cm³/mol. The van der Waals surface area contributed by atoms with Gasteiger partial charge in [-0.3, -0.25) is 14.5 Å². The number of nitrogens with zero attached hydrogens (tertiary/aromatic N) is 2. The van der Waals surface area contributed by atoms with Crippen LogP contribution in [-0.4, -0.2) is 48.9 Å². The first-order valence-corrected chi connectivity index (χ1v) is 14.0. The minimum absolute atomic E-state index is 0.0681. The molecule has 1 aliphatic carbocycles. The van der Waals surface area contributed by atoms with Gasteiger partial charge in [0.2, 0.25) is 0 Å². The van der Waals surface area contributed by atoms with Gasteiger partial charge in [0.1, 0.15) is 0 Å². The smallest absolute Gasteiger partial charge is 0.294 e. The molecule has 6 nitrogen and oxygen atoms in total. The highest BCUT2D eigenvalue weighted by Gasteiger charge is 2.32. The normalized spacial score (nSPS) is 22.0. The molecule has 2 fully saturated rings. The Bertz CT molecular complexity index is 1120. The molecule has 3 aliphatic rings. The SMILES string of the molecule is CC1CCCCN1CCNC(=O)c1ccc(C=C2Oc3ccccc3N(CC3CCCCC3)C2=O)cc1. The van der Waals surface area contributed by atoms with Gasteiger partial charge in [-0.05, 0) is 81.0 Å². The highest BCUT2D eigenvalue weighted by molar-refractivity contribution is 6.10. The van der Waals surface area contributed by atoms with E-state index in [-0.39, 0.29) is 11.8 Å². The van der Waals surface area contributed by atoms with Gasteiger partial charge < -0.3 is 15.0 Å². The molecule has 2 aromatic carbocycles. The molecule has 6 heteroatoms. The summed E-state index contributed by atoms with van der Waals surface area (Å²) in [7, 11) is 0. The molecular formula is C31H39N3O3. The molecule has 0 radical (unpaired) electrons. The Morgan fingerprint density at radius 1 is 1.00 bits per heavy atom. The molecule has 2 amide bonds. The summed E-state index contributed by atoms with van der Waals surface area (Å²) in [6.07, 6.45) is 11.7. The van der Waals surface area contributed by atoms with Crippen LogP contribution in [0, 0.1) is 5.92 Å². The molecule has 196 valence electrons. The van der Waals surface area contributed by atoms with Gasteiger partial charge in [0.25, 0.3) is 11.8 Å². The molecular weight excluding hydrogens is 462 g/mol. The summed E-state index contributed by atoms with van der Waals surface area (Å²) >= 11 is 0. The molecule has 2 aliphatic heterocycles. The molecule has 2 aromatic rings. The number of fused-ring (bicyclic) bond motifs is 1. The fourth-order valence-electron chi connectivity index (χ4n) is 5.86.